The minimum atomic E-state index is -0.481. The van der Waals surface area contributed by atoms with Crippen LogP contribution in [0.2, 0.25) is 0 Å². The Kier molecular flexibility index (Phi) is 7.22. The van der Waals surface area contributed by atoms with E-state index in [9.17, 15) is 14.4 Å². The van der Waals surface area contributed by atoms with Gasteiger partial charge in [0.05, 0.1) is 18.9 Å². The molecule has 0 spiro atoms. The summed E-state index contributed by atoms with van der Waals surface area (Å²) in [6, 6.07) is 4.99. The van der Waals surface area contributed by atoms with E-state index in [1.54, 1.807) is 18.2 Å². The van der Waals surface area contributed by atoms with Crippen molar-refractivity contribution >= 4 is 23.5 Å². The number of benzene rings is 1. The maximum absolute atomic E-state index is 11.9. The minimum absolute atomic E-state index is 0. The van der Waals surface area contributed by atoms with E-state index in [-0.39, 0.29) is 57.4 Å². The number of amides is 2. The molecule has 0 bridgehead atoms. The van der Waals surface area contributed by atoms with Crippen molar-refractivity contribution in [3.05, 3.63) is 43.2 Å². The summed E-state index contributed by atoms with van der Waals surface area (Å²) in [7, 11) is 0. The Hall–Kier alpha value is -1.40. The number of ketones is 1. The van der Waals surface area contributed by atoms with Crippen LogP contribution in [-0.2, 0) is 42.2 Å². The first-order chi connectivity index (χ1) is 10.4. The molecule has 121 valence electrons. The van der Waals surface area contributed by atoms with Gasteiger partial charge in [-0.1, -0.05) is 11.6 Å². The molecule has 0 saturated carbocycles. The molecule has 1 fully saturated rings. The zero-order valence-corrected chi connectivity index (χ0v) is 15.8. The molecule has 6 nitrogen and oxygen atoms in total. The molecule has 1 aliphatic heterocycles. The van der Waals surface area contributed by atoms with Gasteiger partial charge in [0.1, 0.15) is 6.10 Å². The molecule has 1 aliphatic rings. The number of Topliss-reactive ketones (excluding diaryl/α,β-unsaturated/α-hetero) is 1. The molecule has 0 unspecified atom stereocenters. The largest absolute Gasteiger partial charge is 0.442 e. The average molecular weight is 391 g/mol. The van der Waals surface area contributed by atoms with Gasteiger partial charge in [-0.15, -0.1) is 18.6 Å². The van der Waals surface area contributed by atoms with Gasteiger partial charge >= 0.3 is 6.09 Å². The Morgan fingerprint density at radius 3 is 2.70 bits per heavy atom. The van der Waals surface area contributed by atoms with Gasteiger partial charge in [-0.05, 0) is 5.69 Å². The zero-order chi connectivity index (χ0) is 16.3. The minimum Gasteiger partial charge on any atom is -0.442 e. The third-order valence-electron chi connectivity index (χ3n) is 3.38. The Morgan fingerprint density at radius 1 is 1.43 bits per heavy atom. The first-order valence-corrected chi connectivity index (χ1v) is 6.93. The SMILES string of the molecule is [CH2-]CC(=O)c1ccc(N2C[C@H](CNC(C)=O)OC2=O)cc1[CH2-].[Y]. The fourth-order valence-electron chi connectivity index (χ4n) is 2.25. The van der Waals surface area contributed by atoms with Crippen molar-refractivity contribution in [2.75, 3.05) is 18.0 Å². The first-order valence-electron chi connectivity index (χ1n) is 6.93. The molecule has 0 aromatic heterocycles. The monoisotopic (exact) mass is 391 g/mol. The van der Waals surface area contributed by atoms with E-state index in [0.29, 0.717) is 23.4 Å². The molecule has 1 atom stereocenters. The van der Waals surface area contributed by atoms with E-state index >= 15 is 0 Å². The van der Waals surface area contributed by atoms with Crippen LogP contribution in [0, 0.1) is 13.8 Å². The van der Waals surface area contributed by atoms with Crippen molar-refractivity contribution < 1.29 is 51.8 Å². The second kappa shape index (κ2) is 8.45. The summed E-state index contributed by atoms with van der Waals surface area (Å²) < 4.78 is 5.19. The Labute approximate surface area is 160 Å². The number of cyclic esters (lactones) is 1. The molecule has 1 aromatic rings. The van der Waals surface area contributed by atoms with Crippen molar-refractivity contribution in [1.29, 1.82) is 0 Å². The van der Waals surface area contributed by atoms with E-state index < -0.39 is 12.2 Å². The van der Waals surface area contributed by atoms with Crippen LogP contribution < -0.4 is 10.2 Å². The number of nitrogens with zero attached hydrogens (tertiary/aromatic N) is 1. The second-order valence-corrected chi connectivity index (χ2v) is 5.07. The molecular weight excluding hydrogens is 373 g/mol. The molecular formula is C16H18N2O4Y-2. The smallest absolute Gasteiger partial charge is 0.413 e. The van der Waals surface area contributed by atoms with E-state index in [4.69, 9.17) is 4.74 Å². The van der Waals surface area contributed by atoms with E-state index in [0.717, 1.165) is 0 Å². The number of carbonyl (C=O) groups is 3. The molecule has 23 heavy (non-hydrogen) atoms. The summed E-state index contributed by atoms with van der Waals surface area (Å²) in [6.07, 6.45) is -0.719. The number of hydrogen-bond donors (Lipinski definition) is 1. The fourth-order valence-corrected chi connectivity index (χ4v) is 2.25. The number of anilines is 1. The van der Waals surface area contributed by atoms with E-state index in [2.05, 4.69) is 19.2 Å². The van der Waals surface area contributed by atoms with Gasteiger partial charge in [-0.2, -0.15) is 12.5 Å². The first kappa shape index (κ1) is 19.7. The zero-order valence-electron chi connectivity index (χ0n) is 13.0. The van der Waals surface area contributed by atoms with Crippen molar-refractivity contribution in [1.82, 2.24) is 5.32 Å². The van der Waals surface area contributed by atoms with Crippen LogP contribution in [0.25, 0.3) is 0 Å². The summed E-state index contributed by atoms with van der Waals surface area (Å²) in [6.45, 7) is 9.41. The van der Waals surface area contributed by atoms with Crippen molar-refractivity contribution in [2.45, 2.75) is 19.4 Å². The summed E-state index contributed by atoms with van der Waals surface area (Å²) in [5.74, 6) is -0.269. The van der Waals surface area contributed by atoms with Crippen molar-refractivity contribution in [3.63, 3.8) is 0 Å². The van der Waals surface area contributed by atoms with Gasteiger partial charge in [0, 0.05) is 39.6 Å². The maximum Gasteiger partial charge on any atom is 0.413 e. The quantitative estimate of drug-likeness (QED) is 0.613. The van der Waals surface area contributed by atoms with Gasteiger partial charge in [-0.25, -0.2) is 4.79 Å². The Balaban J connectivity index is 0.00000264. The van der Waals surface area contributed by atoms with Gasteiger partial charge in [0.2, 0.25) is 5.91 Å². The van der Waals surface area contributed by atoms with E-state index in [1.807, 2.05) is 0 Å². The normalized spacial score (nSPS) is 16.5. The summed E-state index contributed by atoms with van der Waals surface area (Å²) in [4.78, 5) is 35.9. The molecule has 0 aliphatic carbocycles. The van der Waals surface area contributed by atoms with Crippen molar-refractivity contribution in [3.8, 4) is 0 Å². The standard InChI is InChI=1S/C16H18N2O4.Y/c1-4-15(20)14-6-5-12(7-10(14)2)18-9-13(22-16(18)21)8-17-11(3)19;/h5-7,13H,1-2,4,8-9H2,3H3,(H,17,19);/q-2;/t13-;/m0./s1. The van der Waals surface area contributed by atoms with Crippen LogP contribution in [-0.4, -0.2) is 37.0 Å². The Bertz CT molecular complexity index is 618. The average Bonchev–Trinajstić information content (AvgIpc) is 2.85. The number of nitrogens with one attached hydrogen (secondary N) is 1. The number of rotatable bonds is 5. The van der Waals surface area contributed by atoms with Crippen LogP contribution in [0.5, 0.6) is 0 Å². The molecule has 1 aromatic carbocycles. The third-order valence-corrected chi connectivity index (χ3v) is 3.38. The van der Waals surface area contributed by atoms with Crippen LogP contribution in [0.3, 0.4) is 0 Å². The molecule has 2 rings (SSSR count). The number of ether oxygens (including phenoxy) is 1. The van der Waals surface area contributed by atoms with Crippen LogP contribution in [0.15, 0.2) is 18.2 Å². The summed E-state index contributed by atoms with van der Waals surface area (Å²) in [5.41, 5.74) is 1.66. The van der Waals surface area contributed by atoms with Crippen LogP contribution in [0.1, 0.15) is 29.3 Å². The molecule has 7 heteroatoms. The van der Waals surface area contributed by atoms with Gasteiger partial charge < -0.3 is 21.8 Å². The third kappa shape index (κ3) is 4.79. The second-order valence-electron chi connectivity index (χ2n) is 5.07. The van der Waals surface area contributed by atoms with Crippen LogP contribution >= 0.6 is 0 Å². The molecule has 1 radical (unpaired) electrons. The number of hydrogen-bond acceptors (Lipinski definition) is 4. The predicted octanol–water partition coefficient (Wildman–Crippen LogP) is 1.73. The van der Waals surface area contributed by atoms with Gasteiger partial charge in [0.25, 0.3) is 0 Å². The predicted molar refractivity (Wildman–Crippen MR) is 81.5 cm³/mol. The van der Waals surface area contributed by atoms with E-state index in [1.165, 1.54) is 11.8 Å². The Morgan fingerprint density at radius 2 is 2.13 bits per heavy atom. The fraction of sp³-hybridized carbons (Fsp3) is 0.312. The number of carbonyl (C=O) groups excluding carboxylic acids is 3. The topological polar surface area (TPSA) is 75.7 Å². The van der Waals surface area contributed by atoms with Gasteiger partial charge in [-0.3, -0.25) is 9.69 Å². The molecule has 1 N–H and O–H groups in total. The summed E-state index contributed by atoms with van der Waals surface area (Å²) in [5, 5.41) is 2.62. The maximum atomic E-state index is 11.9. The molecule has 1 saturated heterocycles. The molecule has 1 heterocycles. The summed E-state index contributed by atoms with van der Waals surface area (Å²) >= 11 is 0. The van der Waals surface area contributed by atoms with Crippen LogP contribution in [0.4, 0.5) is 10.5 Å². The van der Waals surface area contributed by atoms with Gasteiger partial charge in [0.15, 0.2) is 0 Å². The van der Waals surface area contributed by atoms with Crippen molar-refractivity contribution in [2.24, 2.45) is 0 Å². The molecule has 2 amide bonds.